The largest absolute Gasteiger partial charge is 0.373 e. The predicted octanol–water partition coefficient (Wildman–Crippen LogP) is 2.74. The molecule has 1 aromatic heterocycles. The average Bonchev–Trinajstić information content (AvgIpc) is 3.06. The van der Waals surface area contributed by atoms with E-state index in [4.69, 9.17) is 4.74 Å². The van der Waals surface area contributed by atoms with Crippen LogP contribution in [0.5, 0.6) is 0 Å². The maximum absolute atomic E-state index is 13.0. The highest BCUT2D eigenvalue weighted by atomic mass is 19.3. The molecule has 1 aromatic rings. The Morgan fingerprint density at radius 3 is 3.04 bits per heavy atom. The van der Waals surface area contributed by atoms with Gasteiger partial charge in [0.05, 0.1) is 12.1 Å². The van der Waals surface area contributed by atoms with Crippen molar-refractivity contribution in [2.24, 2.45) is 0 Å². The second kappa shape index (κ2) is 7.21. The second-order valence-electron chi connectivity index (χ2n) is 6.05. The lowest BCUT2D eigenvalue weighted by Crippen LogP contribution is -2.50. The summed E-state index contributed by atoms with van der Waals surface area (Å²) >= 11 is 0. The van der Waals surface area contributed by atoms with Crippen molar-refractivity contribution >= 4 is 6.03 Å². The first-order chi connectivity index (χ1) is 11.1. The molecule has 2 aliphatic rings. The summed E-state index contributed by atoms with van der Waals surface area (Å²) in [5.41, 5.74) is 0.970. The summed E-state index contributed by atoms with van der Waals surface area (Å²) in [7, 11) is 0. The lowest BCUT2D eigenvalue weighted by Gasteiger charge is -2.32. The van der Waals surface area contributed by atoms with Crippen molar-refractivity contribution in [3.63, 3.8) is 0 Å². The summed E-state index contributed by atoms with van der Waals surface area (Å²) in [6, 6.07) is 2.38. The van der Waals surface area contributed by atoms with Crippen molar-refractivity contribution in [3.05, 3.63) is 30.1 Å². The molecule has 7 heteroatoms. The van der Waals surface area contributed by atoms with E-state index in [1.165, 1.54) is 4.90 Å². The first-order valence-electron chi connectivity index (χ1n) is 8.02. The van der Waals surface area contributed by atoms with Crippen molar-refractivity contribution in [1.29, 1.82) is 0 Å². The molecule has 2 amide bonds. The smallest absolute Gasteiger partial charge is 0.318 e. The van der Waals surface area contributed by atoms with E-state index in [0.717, 1.165) is 5.56 Å². The molecule has 2 aliphatic heterocycles. The molecule has 3 atom stereocenters. The molecular formula is C16H21F2N3O2. The van der Waals surface area contributed by atoms with E-state index < -0.39 is 12.5 Å². The monoisotopic (exact) mass is 325 g/mol. The Hall–Kier alpha value is -1.76. The number of likely N-dealkylation sites (tertiary alicyclic amines) is 1. The number of rotatable bonds is 3. The molecule has 0 aromatic carbocycles. The van der Waals surface area contributed by atoms with Crippen LogP contribution >= 0.6 is 0 Å². The molecule has 0 bridgehead atoms. The number of carbonyl (C=O) groups is 1. The van der Waals surface area contributed by atoms with Crippen LogP contribution in [0.4, 0.5) is 13.6 Å². The van der Waals surface area contributed by atoms with Crippen LogP contribution in [0.1, 0.15) is 37.4 Å². The number of nitrogens with one attached hydrogen (secondary N) is 1. The third-order valence-electron chi connectivity index (χ3n) is 4.52. The molecule has 5 nitrogen and oxygen atoms in total. The zero-order chi connectivity index (χ0) is 16.2. The fourth-order valence-electron chi connectivity index (χ4n) is 3.29. The fraction of sp³-hybridized carbons (Fsp3) is 0.625. The Labute approximate surface area is 134 Å². The Balaban J connectivity index is 1.58. The summed E-state index contributed by atoms with van der Waals surface area (Å²) in [5.74, 6) is 0. The van der Waals surface area contributed by atoms with Gasteiger partial charge in [0.15, 0.2) is 0 Å². The second-order valence-corrected chi connectivity index (χ2v) is 6.05. The fourth-order valence-corrected chi connectivity index (χ4v) is 3.29. The summed E-state index contributed by atoms with van der Waals surface area (Å²) in [4.78, 5) is 17.7. The lowest BCUT2D eigenvalue weighted by molar-refractivity contribution is 0.000113. The van der Waals surface area contributed by atoms with Crippen LogP contribution in [0.15, 0.2) is 24.5 Å². The van der Waals surface area contributed by atoms with Crippen LogP contribution in [0.2, 0.25) is 0 Å². The van der Waals surface area contributed by atoms with Crippen molar-refractivity contribution < 1.29 is 18.3 Å². The van der Waals surface area contributed by atoms with Crippen molar-refractivity contribution in [2.45, 2.75) is 50.3 Å². The molecule has 3 rings (SSSR count). The first kappa shape index (κ1) is 16.1. The number of ether oxygens (including phenoxy) is 1. The van der Waals surface area contributed by atoms with Crippen LogP contribution in [0, 0.1) is 0 Å². The Morgan fingerprint density at radius 2 is 2.30 bits per heavy atom. The minimum Gasteiger partial charge on any atom is -0.373 e. The Kier molecular flexibility index (Phi) is 5.05. The zero-order valence-corrected chi connectivity index (χ0v) is 12.8. The highest BCUT2D eigenvalue weighted by molar-refractivity contribution is 5.75. The van der Waals surface area contributed by atoms with Gasteiger partial charge in [-0.1, -0.05) is 6.07 Å². The van der Waals surface area contributed by atoms with Gasteiger partial charge in [-0.2, -0.15) is 0 Å². The van der Waals surface area contributed by atoms with E-state index in [0.29, 0.717) is 38.8 Å². The molecule has 23 heavy (non-hydrogen) atoms. The summed E-state index contributed by atoms with van der Waals surface area (Å²) in [6.45, 7) is 0.929. The number of aromatic nitrogens is 1. The molecule has 126 valence electrons. The molecule has 1 N–H and O–H groups in total. The first-order valence-corrected chi connectivity index (χ1v) is 8.02. The van der Waals surface area contributed by atoms with Gasteiger partial charge in [0.2, 0.25) is 0 Å². The number of hydrogen-bond donors (Lipinski definition) is 1. The number of pyridine rings is 1. The molecule has 3 heterocycles. The SMILES string of the molecule is O=C(N[C@@H]1CCO[C@@H](c2cccnc2)C1)N1CCC[C@H]1C(F)F. The standard InChI is InChI=1S/C16H21F2N3O2/c17-15(18)13-4-2-7-21(13)16(22)20-12-5-8-23-14(9-12)11-3-1-6-19-10-11/h1,3,6,10,12-15H,2,4-5,7-9H2,(H,20,22)/t12-,13+,14-/m1/s1. The van der Waals surface area contributed by atoms with Crippen LogP contribution in [0.25, 0.3) is 0 Å². The van der Waals surface area contributed by atoms with Crippen LogP contribution in [-0.4, -0.2) is 47.6 Å². The van der Waals surface area contributed by atoms with Gasteiger partial charge in [-0.25, -0.2) is 13.6 Å². The maximum atomic E-state index is 13.0. The van der Waals surface area contributed by atoms with E-state index in [9.17, 15) is 13.6 Å². The summed E-state index contributed by atoms with van der Waals surface area (Å²) < 4.78 is 31.7. The number of amides is 2. The van der Waals surface area contributed by atoms with E-state index in [2.05, 4.69) is 10.3 Å². The van der Waals surface area contributed by atoms with Gasteiger partial charge in [0.1, 0.15) is 0 Å². The number of alkyl halides is 2. The Morgan fingerprint density at radius 1 is 1.43 bits per heavy atom. The minimum absolute atomic E-state index is 0.0691. The Bertz CT molecular complexity index is 529. The number of urea groups is 1. The van der Waals surface area contributed by atoms with Gasteiger partial charge >= 0.3 is 6.03 Å². The quantitative estimate of drug-likeness (QED) is 0.930. The van der Waals surface area contributed by atoms with E-state index in [1.807, 2.05) is 12.1 Å². The van der Waals surface area contributed by atoms with Gasteiger partial charge < -0.3 is 15.0 Å². The molecule has 0 saturated carbocycles. The maximum Gasteiger partial charge on any atom is 0.318 e. The highest BCUT2D eigenvalue weighted by Crippen LogP contribution is 2.28. The number of carbonyl (C=O) groups excluding carboxylic acids is 1. The summed E-state index contributed by atoms with van der Waals surface area (Å²) in [5, 5.41) is 2.90. The van der Waals surface area contributed by atoms with Crippen molar-refractivity contribution in [3.8, 4) is 0 Å². The number of nitrogens with zero attached hydrogens (tertiary/aromatic N) is 2. The lowest BCUT2D eigenvalue weighted by atomic mass is 9.99. The zero-order valence-electron chi connectivity index (χ0n) is 12.8. The molecule has 2 fully saturated rings. The highest BCUT2D eigenvalue weighted by Gasteiger charge is 2.36. The van der Waals surface area contributed by atoms with Gasteiger partial charge in [-0.3, -0.25) is 4.98 Å². The van der Waals surface area contributed by atoms with Crippen LogP contribution in [0.3, 0.4) is 0 Å². The normalized spacial score (nSPS) is 28.1. The molecular weight excluding hydrogens is 304 g/mol. The minimum atomic E-state index is -2.49. The van der Waals surface area contributed by atoms with E-state index >= 15 is 0 Å². The number of halogens is 2. The molecule has 2 saturated heterocycles. The van der Waals surface area contributed by atoms with Gasteiger partial charge in [-0.15, -0.1) is 0 Å². The third kappa shape index (κ3) is 3.77. The van der Waals surface area contributed by atoms with E-state index in [1.54, 1.807) is 12.4 Å². The predicted molar refractivity (Wildman–Crippen MR) is 80.2 cm³/mol. The van der Waals surface area contributed by atoms with Gasteiger partial charge in [-0.05, 0) is 37.3 Å². The third-order valence-corrected chi connectivity index (χ3v) is 4.52. The van der Waals surface area contributed by atoms with Gasteiger partial charge in [0.25, 0.3) is 6.43 Å². The van der Waals surface area contributed by atoms with Crippen molar-refractivity contribution in [2.75, 3.05) is 13.2 Å². The topological polar surface area (TPSA) is 54.5 Å². The van der Waals surface area contributed by atoms with E-state index in [-0.39, 0.29) is 18.2 Å². The van der Waals surface area contributed by atoms with Crippen LogP contribution in [-0.2, 0) is 4.74 Å². The molecule has 0 unspecified atom stereocenters. The van der Waals surface area contributed by atoms with Crippen molar-refractivity contribution in [1.82, 2.24) is 15.2 Å². The molecule has 0 radical (unpaired) electrons. The number of hydrogen-bond acceptors (Lipinski definition) is 3. The summed E-state index contributed by atoms with van der Waals surface area (Å²) in [6.07, 6.45) is 3.17. The molecule has 0 spiro atoms. The molecule has 0 aliphatic carbocycles. The van der Waals surface area contributed by atoms with Crippen LogP contribution < -0.4 is 5.32 Å². The average molecular weight is 325 g/mol. The van der Waals surface area contributed by atoms with Gasteiger partial charge in [0, 0.05) is 31.6 Å².